The standard InChI is InChI=1S/C14H24N2O/c1-10(15)8-13(9-11(2)16)12-4-6-14(17-3)7-5-12/h4-7,10-11,13H,8-9,15-16H2,1-3H3. The lowest BCUT2D eigenvalue weighted by Gasteiger charge is -2.21. The van der Waals surface area contributed by atoms with Crippen molar-refractivity contribution in [2.75, 3.05) is 7.11 Å². The van der Waals surface area contributed by atoms with Crippen LogP contribution in [0.15, 0.2) is 24.3 Å². The van der Waals surface area contributed by atoms with Gasteiger partial charge in [0.1, 0.15) is 5.75 Å². The lowest BCUT2D eigenvalue weighted by atomic mass is 9.88. The quantitative estimate of drug-likeness (QED) is 0.796. The van der Waals surface area contributed by atoms with Crippen LogP contribution in [0.5, 0.6) is 5.75 Å². The van der Waals surface area contributed by atoms with Crippen molar-refractivity contribution in [2.24, 2.45) is 11.5 Å². The Labute approximate surface area is 104 Å². The summed E-state index contributed by atoms with van der Waals surface area (Å²) in [6.45, 7) is 4.08. The molecule has 1 rings (SSSR count). The number of hydrogen-bond acceptors (Lipinski definition) is 3. The summed E-state index contributed by atoms with van der Waals surface area (Å²) in [5.41, 5.74) is 13.1. The van der Waals surface area contributed by atoms with Crippen molar-refractivity contribution in [3.05, 3.63) is 29.8 Å². The second kappa shape index (κ2) is 6.62. The molecule has 0 fully saturated rings. The molecule has 0 heterocycles. The second-order valence-corrected chi connectivity index (χ2v) is 4.90. The van der Waals surface area contributed by atoms with E-state index in [1.54, 1.807) is 7.11 Å². The maximum Gasteiger partial charge on any atom is 0.118 e. The van der Waals surface area contributed by atoms with E-state index in [2.05, 4.69) is 12.1 Å². The number of methoxy groups -OCH3 is 1. The van der Waals surface area contributed by atoms with Gasteiger partial charge in [0, 0.05) is 12.1 Å². The summed E-state index contributed by atoms with van der Waals surface area (Å²) in [4.78, 5) is 0. The molecule has 1 aromatic rings. The van der Waals surface area contributed by atoms with Crippen LogP contribution in [0, 0.1) is 0 Å². The fourth-order valence-corrected chi connectivity index (χ4v) is 2.14. The molecule has 0 aliphatic carbocycles. The molecule has 1 aromatic carbocycles. The zero-order valence-corrected chi connectivity index (χ0v) is 11.0. The number of rotatable bonds is 6. The molecule has 2 unspecified atom stereocenters. The molecule has 0 radical (unpaired) electrons. The minimum atomic E-state index is 0.195. The van der Waals surface area contributed by atoms with Gasteiger partial charge in [0.15, 0.2) is 0 Å². The first-order valence-corrected chi connectivity index (χ1v) is 6.18. The third-order valence-corrected chi connectivity index (χ3v) is 2.90. The Hall–Kier alpha value is -1.06. The van der Waals surface area contributed by atoms with Crippen molar-refractivity contribution in [1.82, 2.24) is 0 Å². The average molecular weight is 236 g/mol. The van der Waals surface area contributed by atoms with Crippen LogP contribution in [0.1, 0.15) is 38.2 Å². The normalized spacial score (nSPS) is 16.3. The summed E-state index contributed by atoms with van der Waals surface area (Å²) in [7, 11) is 1.68. The lowest BCUT2D eigenvalue weighted by molar-refractivity contribution is 0.414. The molecule has 3 heteroatoms. The van der Waals surface area contributed by atoms with Gasteiger partial charge in [-0.05, 0) is 50.3 Å². The number of benzene rings is 1. The minimum Gasteiger partial charge on any atom is -0.497 e. The van der Waals surface area contributed by atoms with Gasteiger partial charge >= 0.3 is 0 Å². The molecular weight excluding hydrogens is 212 g/mol. The Balaban J connectivity index is 2.79. The third kappa shape index (κ3) is 4.75. The molecule has 96 valence electrons. The minimum absolute atomic E-state index is 0.195. The lowest BCUT2D eigenvalue weighted by Crippen LogP contribution is -2.24. The highest BCUT2D eigenvalue weighted by atomic mass is 16.5. The second-order valence-electron chi connectivity index (χ2n) is 4.90. The molecule has 0 saturated heterocycles. The van der Waals surface area contributed by atoms with Gasteiger partial charge in [0.2, 0.25) is 0 Å². The molecule has 0 aromatic heterocycles. The van der Waals surface area contributed by atoms with E-state index in [4.69, 9.17) is 16.2 Å². The van der Waals surface area contributed by atoms with Crippen LogP contribution in [0.2, 0.25) is 0 Å². The fraction of sp³-hybridized carbons (Fsp3) is 0.571. The van der Waals surface area contributed by atoms with Crippen LogP contribution in [-0.4, -0.2) is 19.2 Å². The first-order chi connectivity index (χ1) is 8.02. The van der Waals surface area contributed by atoms with Crippen LogP contribution in [0.25, 0.3) is 0 Å². The van der Waals surface area contributed by atoms with Crippen LogP contribution in [-0.2, 0) is 0 Å². The highest BCUT2D eigenvalue weighted by molar-refractivity contribution is 5.29. The predicted molar refractivity (Wildman–Crippen MR) is 72.3 cm³/mol. The SMILES string of the molecule is COc1ccc(C(CC(C)N)CC(C)N)cc1. The van der Waals surface area contributed by atoms with E-state index in [9.17, 15) is 0 Å². The van der Waals surface area contributed by atoms with Gasteiger partial charge < -0.3 is 16.2 Å². The van der Waals surface area contributed by atoms with Gasteiger partial charge in [-0.3, -0.25) is 0 Å². The van der Waals surface area contributed by atoms with Gasteiger partial charge in [0.05, 0.1) is 7.11 Å². The molecule has 0 bridgehead atoms. The largest absolute Gasteiger partial charge is 0.497 e. The summed E-state index contributed by atoms with van der Waals surface area (Å²) < 4.78 is 5.16. The highest BCUT2D eigenvalue weighted by Crippen LogP contribution is 2.27. The van der Waals surface area contributed by atoms with E-state index >= 15 is 0 Å². The summed E-state index contributed by atoms with van der Waals surface area (Å²) >= 11 is 0. The van der Waals surface area contributed by atoms with E-state index in [1.807, 2.05) is 26.0 Å². The van der Waals surface area contributed by atoms with E-state index in [0.29, 0.717) is 5.92 Å². The molecule has 0 aliphatic heterocycles. The summed E-state index contributed by atoms with van der Waals surface area (Å²) in [5, 5.41) is 0. The average Bonchev–Trinajstić information content (AvgIpc) is 2.27. The molecule has 2 atom stereocenters. The van der Waals surface area contributed by atoms with Crippen LogP contribution < -0.4 is 16.2 Å². The van der Waals surface area contributed by atoms with Crippen molar-refractivity contribution in [3.8, 4) is 5.75 Å². The van der Waals surface area contributed by atoms with Gasteiger partial charge in [-0.2, -0.15) is 0 Å². The van der Waals surface area contributed by atoms with Crippen molar-refractivity contribution in [3.63, 3.8) is 0 Å². The molecule has 17 heavy (non-hydrogen) atoms. The van der Waals surface area contributed by atoms with Crippen molar-refractivity contribution >= 4 is 0 Å². The first kappa shape index (κ1) is 14.0. The van der Waals surface area contributed by atoms with Crippen molar-refractivity contribution in [1.29, 1.82) is 0 Å². The zero-order valence-electron chi connectivity index (χ0n) is 11.0. The maximum atomic E-state index is 5.90. The fourth-order valence-electron chi connectivity index (χ4n) is 2.14. The van der Waals surface area contributed by atoms with Crippen LogP contribution in [0.3, 0.4) is 0 Å². The van der Waals surface area contributed by atoms with Crippen LogP contribution >= 0.6 is 0 Å². The van der Waals surface area contributed by atoms with E-state index in [-0.39, 0.29) is 12.1 Å². The van der Waals surface area contributed by atoms with Crippen molar-refractivity contribution in [2.45, 2.75) is 44.7 Å². The van der Waals surface area contributed by atoms with E-state index in [1.165, 1.54) is 5.56 Å². The highest BCUT2D eigenvalue weighted by Gasteiger charge is 2.15. The van der Waals surface area contributed by atoms with E-state index in [0.717, 1.165) is 18.6 Å². The molecule has 3 nitrogen and oxygen atoms in total. The monoisotopic (exact) mass is 236 g/mol. The Kier molecular flexibility index (Phi) is 5.45. The Morgan fingerprint density at radius 3 is 1.82 bits per heavy atom. The maximum absolute atomic E-state index is 5.90. The predicted octanol–water partition coefficient (Wildman–Crippen LogP) is 2.25. The van der Waals surface area contributed by atoms with Gasteiger partial charge in [-0.25, -0.2) is 0 Å². The summed E-state index contributed by atoms with van der Waals surface area (Å²) in [5.74, 6) is 1.31. The summed E-state index contributed by atoms with van der Waals surface area (Å²) in [6, 6.07) is 8.58. The van der Waals surface area contributed by atoms with Gasteiger partial charge in [-0.1, -0.05) is 12.1 Å². The molecular formula is C14H24N2O. The number of nitrogens with two attached hydrogens (primary N) is 2. The third-order valence-electron chi connectivity index (χ3n) is 2.90. The first-order valence-electron chi connectivity index (χ1n) is 6.18. The number of hydrogen-bond donors (Lipinski definition) is 2. The molecule has 0 saturated carbocycles. The Bertz CT molecular complexity index is 309. The molecule has 4 N–H and O–H groups in total. The molecule has 0 amide bonds. The smallest absolute Gasteiger partial charge is 0.118 e. The van der Waals surface area contributed by atoms with Crippen molar-refractivity contribution < 1.29 is 4.74 Å². The van der Waals surface area contributed by atoms with Gasteiger partial charge in [0.25, 0.3) is 0 Å². The van der Waals surface area contributed by atoms with E-state index < -0.39 is 0 Å². The molecule has 0 aliphatic rings. The summed E-state index contributed by atoms with van der Waals surface area (Å²) in [6.07, 6.45) is 1.93. The molecule has 0 spiro atoms. The van der Waals surface area contributed by atoms with Gasteiger partial charge in [-0.15, -0.1) is 0 Å². The Morgan fingerprint density at radius 1 is 1.00 bits per heavy atom. The number of ether oxygens (including phenoxy) is 1. The zero-order chi connectivity index (χ0) is 12.8. The van der Waals surface area contributed by atoms with Crippen LogP contribution in [0.4, 0.5) is 0 Å². The topological polar surface area (TPSA) is 61.3 Å². The Morgan fingerprint density at radius 2 is 1.47 bits per heavy atom.